The second kappa shape index (κ2) is 17.0. The predicted molar refractivity (Wildman–Crippen MR) is 112 cm³/mol. The highest BCUT2D eigenvalue weighted by Crippen LogP contribution is 2.12. The van der Waals surface area contributed by atoms with E-state index >= 15 is 0 Å². The zero-order valence-electron chi connectivity index (χ0n) is 17.5. The van der Waals surface area contributed by atoms with E-state index in [2.05, 4.69) is 16.7 Å². The van der Waals surface area contributed by atoms with Crippen LogP contribution in [-0.2, 0) is 0 Å². The number of hydrogen-bond donors (Lipinski definition) is 2. The van der Waals surface area contributed by atoms with Crippen LogP contribution in [0.25, 0.3) is 0 Å². The van der Waals surface area contributed by atoms with Gasteiger partial charge in [0.2, 0.25) is 0 Å². The summed E-state index contributed by atoms with van der Waals surface area (Å²) in [4.78, 5) is 5.19. The predicted octanol–water partition coefficient (Wildman–Crippen LogP) is 4.05. The summed E-state index contributed by atoms with van der Waals surface area (Å²) in [5, 5.41) is 18.2. The minimum absolute atomic E-state index is 0.0996. The van der Waals surface area contributed by atoms with E-state index in [1.54, 1.807) is 0 Å². The lowest BCUT2D eigenvalue weighted by Crippen LogP contribution is -2.46. The molecule has 0 radical (unpaired) electrons. The Hall–Kier alpha value is -0.160. The summed E-state index contributed by atoms with van der Waals surface area (Å²) in [6.07, 6.45) is 16.5. The van der Waals surface area contributed by atoms with Crippen LogP contribution in [0.2, 0.25) is 0 Å². The van der Waals surface area contributed by atoms with Gasteiger partial charge in [0, 0.05) is 26.2 Å². The Kier molecular flexibility index (Phi) is 15.6. The van der Waals surface area contributed by atoms with Crippen LogP contribution in [0, 0.1) is 0 Å². The van der Waals surface area contributed by atoms with Gasteiger partial charge in [0.15, 0.2) is 0 Å². The Balaban J connectivity index is 1.85. The maximum Gasteiger partial charge on any atom is 0.0770 e. The van der Waals surface area contributed by atoms with E-state index in [9.17, 15) is 5.11 Å². The smallest absolute Gasteiger partial charge is 0.0770 e. The van der Waals surface area contributed by atoms with Gasteiger partial charge in [-0.2, -0.15) is 0 Å². The van der Waals surface area contributed by atoms with Crippen molar-refractivity contribution in [3.8, 4) is 0 Å². The van der Waals surface area contributed by atoms with Crippen molar-refractivity contribution in [2.45, 2.75) is 96.5 Å². The van der Waals surface area contributed by atoms with Gasteiger partial charge in [0.1, 0.15) is 0 Å². The van der Waals surface area contributed by atoms with Crippen molar-refractivity contribution < 1.29 is 10.2 Å². The first kappa shape index (κ1) is 23.9. The summed E-state index contributed by atoms with van der Waals surface area (Å²) in [6, 6.07) is 0. The lowest BCUT2D eigenvalue weighted by atomic mass is 10.1. The fraction of sp³-hybridized carbons (Fsp3) is 1.00. The minimum Gasteiger partial charge on any atom is -0.394 e. The molecule has 0 amide bonds. The summed E-state index contributed by atoms with van der Waals surface area (Å²) in [7, 11) is 0. The SMILES string of the molecule is CCCCCCCCCCCCN1CCN(CCCCC(O)CO)CC1. The number of aliphatic hydroxyl groups is 2. The number of hydrogen-bond acceptors (Lipinski definition) is 4. The summed E-state index contributed by atoms with van der Waals surface area (Å²) in [5.41, 5.74) is 0. The average molecular weight is 371 g/mol. The monoisotopic (exact) mass is 370 g/mol. The van der Waals surface area contributed by atoms with E-state index in [4.69, 9.17) is 5.11 Å². The maximum absolute atomic E-state index is 9.35. The van der Waals surface area contributed by atoms with E-state index in [-0.39, 0.29) is 6.61 Å². The molecule has 1 saturated heterocycles. The van der Waals surface area contributed by atoms with Gasteiger partial charge in [-0.15, -0.1) is 0 Å². The summed E-state index contributed by atoms with van der Waals surface area (Å²) < 4.78 is 0. The van der Waals surface area contributed by atoms with Crippen molar-refractivity contribution in [3.63, 3.8) is 0 Å². The number of nitrogens with zero attached hydrogens (tertiary/aromatic N) is 2. The quantitative estimate of drug-likeness (QED) is 0.379. The lowest BCUT2D eigenvalue weighted by molar-refractivity contribution is 0.0835. The Morgan fingerprint density at radius 1 is 0.654 bits per heavy atom. The molecule has 1 heterocycles. The number of rotatable bonds is 17. The third-order valence-electron chi connectivity index (χ3n) is 5.77. The average Bonchev–Trinajstić information content (AvgIpc) is 2.67. The van der Waals surface area contributed by atoms with Crippen LogP contribution in [0.3, 0.4) is 0 Å². The number of unbranched alkanes of at least 4 members (excludes halogenated alkanes) is 10. The third kappa shape index (κ3) is 13.1. The normalized spacial score (nSPS) is 17.7. The second-order valence-corrected chi connectivity index (χ2v) is 8.20. The fourth-order valence-corrected chi connectivity index (χ4v) is 3.87. The highest BCUT2D eigenvalue weighted by Gasteiger charge is 2.15. The molecule has 2 N–H and O–H groups in total. The summed E-state index contributed by atoms with van der Waals surface area (Å²) in [6.45, 7) is 9.44. The van der Waals surface area contributed by atoms with E-state index < -0.39 is 6.10 Å². The first-order valence-corrected chi connectivity index (χ1v) is 11.5. The fourth-order valence-electron chi connectivity index (χ4n) is 3.87. The summed E-state index contributed by atoms with van der Waals surface area (Å²) >= 11 is 0. The molecule has 1 fully saturated rings. The molecular weight excluding hydrogens is 324 g/mol. The van der Waals surface area contributed by atoms with Crippen molar-refractivity contribution in [1.29, 1.82) is 0 Å². The maximum atomic E-state index is 9.35. The molecule has 156 valence electrons. The van der Waals surface area contributed by atoms with Crippen LogP contribution in [0.5, 0.6) is 0 Å². The Labute approximate surface area is 163 Å². The Morgan fingerprint density at radius 2 is 1.08 bits per heavy atom. The van der Waals surface area contributed by atoms with Gasteiger partial charge in [0.05, 0.1) is 12.7 Å². The van der Waals surface area contributed by atoms with Crippen molar-refractivity contribution >= 4 is 0 Å². The molecule has 0 bridgehead atoms. The van der Waals surface area contributed by atoms with Gasteiger partial charge in [-0.05, 0) is 38.8 Å². The van der Waals surface area contributed by atoms with Crippen LogP contribution in [-0.4, -0.2) is 72.0 Å². The molecule has 1 aliphatic heterocycles. The van der Waals surface area contributed by atoms with Crippen molar-refractivity contribution in [2.24, 2.45) is 0 Å². The van der Waals surface area contributed by atoms with E-state index in [1.165, 1.54) is 96.9 Å². The third-order valence-corrected chi connectivity index (χ3v) is 5.77. The molecule has 4 heteroatoms. The highest BCUT2D eigenvalue weighted by molar-refractivity contribution is 4.72. The largest absolute Gasteiger partial charge is 0.394 e. The van der Waals surface area contributed by atoms with E-state index in [1.807, 2.05) is 0 Å². The molecule has 0 spiro atoms. The van der Waals surface area contributed by atoms with Crippen LogP contribution < -0.4 is 0 Å². The van der Waals surface area contributed by atoms with Gasteiger partial charge in [-0.3, -0.25) is 0 Å². The summed E-state index contributed by atoms with van der Waals surface area (Å²) in [5.74, 6) is 0. The highest BCUT2D eigenvalue weighted by atomic mass is 16.3. The molecule has 1 atom stereocenters. The first-order valence-electron chi connectivity index (χ1n) is 11.5. The van der Waals surface area contributed by atoms with Crippen LogP contribution in [0.4, 0.5) is 0 Å². The van der Waals surface area contributed by atoms with Gasteiger partial charge < -0.3 is 20.0 Å². The molecular formula is C22H46N2O2. The van der Waals surface area contributed by atoms with Gasteiger partial charge in [0.25, 0.3) is 0 Å². The molecule has 0 aromatic carbocycles. The molecule has 0 aromatic heterocycles. The van der Waals surface area contributed by atoms with Crippen molar-refractivity contribution in [1.82, 2.24) is 9.80 Å². The van der Waals surface area contributed by atoms with Crippen molar-refractivity contribution in [2.75, 3.05) is 45.9 Å². The molecule has 4 nitrogen and oxygen atoms in total. The molecule has 1 aliphatic rings. The van der Waals surface area contributed by atoms with Crippen LogP contribution in [0.15, 0.2) is 0 Å². The van der Waals surface area contributed by atoms with E-state index in [0.717, 1.165) is 25.8 Å². The first-order chi connectivity index (χ1) is 12.8. The minimum atomic E-state index is -0.520. The number of piperazine rings is 1. The van der Waals surface area contributed by atoms with Gasteiger partial charge in [-0.25, -0.2) is 0 Å². The van der Waals surface area contributed by atoms with Crippen LogP contribution >= 0.6 is 0 Å². The molecule has 0 aromatic rings. The molecule has 1 unspecified atom stereocenters. The van der Waals surface area contributed by atoms with E-state index in [0.29, 0.717) is 0 Å². The zero-order valence-corrected chi connectivity index (χ0v) is 17.5. The topological polar surface area (TPSA) is 46.9 Å². The molecule has 1 rings (SSSR count). The second-order valence-electron chi connectivity index (χ2n) is 8.20. The lowest BCUT2D eigenvalue weighted by Gasteiger charge is -2.34. The Morgan fingerprint density at radius 3 is 1.54 bits per heavy atom. The van der Waals surface area contributed by atoms with Crippen molar-refractivity contribution in [3.05, 3.63) is 0 Å². The van der Waals surface area contributed by atoms with Gasteiger partial charge >= 0.3 is 0 Å². The number of aliphatic hydroxyl groups excluding tert-OH is 2. The molecule has 26 heavy (non-hydrogen) atoms. The van der Waals surface area contributed by atoms with Gasteiger partial charge in [-0.1, -0.05) is 64.7 Å². The van der Waals surface area contributed by atoms with Crippen LogP contribution in [0.1, 0.15) is 90.4 Å². The standard InChI is InChI=1S/C22H46N2O2/c1-2-3-4-5-6-7-8-9-10-12-15-23-17-19-24(20-18-23)16-13-11-14-22(26)21-25/h22,25-26H,2-21H2,1H3. The molecule has 0 aliphatic carbocycles. The molecule has 0 saturated carbocycles. The zero-order chi connectivity index (χ0) is 18.9. The Bertz CT molecular complexity index is 294.